The van der Waals surface area contributed by atoms with Crippen LogP contribution in [0.4, 0.5) is 11.4 Å². The number of nitrogens with zero attached hydrogens (tertiary/aromatic N) is 5. The van der Waals surface area contributed by atoms with Crippen LogP contribution in [-0.2, 0) is 17.8 Å². The summed E-state index contributed by atoms with van der Waals surface area (Å²) in [6.07, 6.45) is 1.49. The van der Waals surface area contributed by atoms with Gasteiger partial charge in [0.1, 0.15) is 0 Å². The molecule has 31 heavy (non-hydrogen) atoms. The van der Waals surface area contributed by atoms with Gasteiger partial charge < -0.3 is 15.1 Å². The average molecular weight is 423 g/mol. The Morgan fingerprint density at radius 3 is 2.58 bits per heavy atom. The summed E-state index contributed by atoms with van der Waals surface area (Å²) in [4.78, 5) is 17.5. The lowest BCUT2D eigenvalue weighted by molar-refractivity contribution is -0.116. The maximum Gasteiger partial charge on any atom is 0.224 e. The van der Waals surface area contributed by atoms with E-state index in [2.05, 4.69) is 52.3 Å². The van der Waals surface area contributed by atoms with Crippen molar-refractivity contribution in [2.24, 2.45) is 0 Å². The molecular formula is C24H34N6O. The van der Waals surface area contributed by atoms with Crippen LogP contribution in [0.3, 0.4) is 0 Å². The Kier molecular flexibility index (Phi) is 7.69. The summed E-state index contributed by atoms with van der Waals surface area (Å²) in [7, 11) is 0. The molecule has 1 aromatic heterocycles. The van der Waals surface area contributed by atoms with Crippen LogP contribution in [0, 0.1) is 32.1 Å². The molecule has 1 saturated heterocycles. The summed E-state index contributed by atoms with van der Waals surface area (Å²) < 4.78 is 1.87. The second-order valence-corrected chi connectivity index (χ2v) is 8.25. The highest BCUT2D eigenvalue weighted by Crippen LogP contribution is 2.24. The van der Waals surface area contributed by atoms with Crippen LogP contribution in [0.15, 0.2) is 18.2 Å². The Bertz CT molecular complexity index is 950. The molecule has 1 aliphatic rings. The molecule has 0 unspecified atom stereocenters. The van der Waals surface area contributed by atoms with Crippen molar-refractivity contribution in [2.45, 2.75) is 53.5 Å². The number of carbonyl (C=O) groups excluding carboxylic acids is 1. The van der Waals surface area contributed by atoms with Crippen LogP contribution in [0.25, 0.3) is 0 Å². The highest BCUT2D eigenvalue weighted by molar-refractivity contribution is 5.92. The Morgan fingerprint density at radius 2 is 1.94 bits per heavy atom. The molecule has 1 amide bonds. The molecule has 0 spiro atoms. The van der Waals surface area contributed by atoms with Gasteiger partial charge in [-0.1, -0.05) is 6.92 Å². The summed E-state index contributed by atoms with van der Waals surface area (Å²) in [5.41, 5.74) is 6.27. The van der Waals surface area contributed by atoms with Crippen molar-refractivity contribution in [3.8, 4) is 6.07 Å². The number of benzene rings is 1. The van der Waals surface area contributed by atoms with Crippen molar-refractivity contribution in [1.82, 2.24) is 14.7 Å². The van der Waals surface area contributed by atoms with E-state index >= 15 is 0 Å². The van der Waals surface area contributed by atoms with Gasteiger partial charge in [0.25, 0.3) is 0 Å². The van der Waals surface area contributed by atoms with E-state index in [0.717, 1.165) is 60.9 Å². The Hall–Kier alpha value is -2.85. The third-order valence-corrected chi connectivity index (χ3v) is 6.24. The number of likely N-dealkylation sites (N-methyl/N-ethyl adjacent to an activating group) is 1. The predicted octanol–water partition coefficient (Wildman–Crippen LogP) is 3.44. The molecule has 166 valence electrons. The zero-order chi connectivity index (χ0) is 22.4. The van der Waals surface area contributed by atoms with Crippen molar-refractivity contribution in [3.63, 3.8) is 0 Å². The van der Waals surface area contributed by atoms with Gasteiger partial charge in [0, 0.05) is 49.7 Å². The van der Waals surface area contributed by atoms with Crippen molar-refractivity contribution in [3.05, 3.63) is 40.7 Å². The van der Waals surface area contributed by atoms with Crippen LogP contribution in [0.2, 0.25) is 0 Å². The van der Waals surface area contributed by atoms with Gasteiger partial charge in [-0.3, -0.25) is 9.48 Å². The van der Waals surface area contributed by atoms with Crippen molar-refractivity contribution >= 4 is 17.3 Å². The second kappa shape index (κ2) is 10.5. The predicted molar refractivity (Wildman–Crippen MR) is 124 cm³/mol. The highest BCUT2D eigenvalue weighted by Gasteiger charge is 2.17. The topological polar surface area (TPSA) is 77.2 Å². The van der Waals surface area contributed by atoms with Gasteiger partial charge in [-0.2, -0.15) is 10.4 Å². The van der Waals surface area contributed by atoms with Gasteiger partial charge >= 0.3 is 0 Å². The standard InChI is InChI=1S/C24H34N6O/c1-5-28-13-15-29(16-14-28)21-7-9-23(18(2)17-21)26-24(31)10-8-22-19(3)27-30(20(22)4)12-6-11-25/h7,9,17H,5-6,8,10,12-16H2,1-4H3,(H,26,31). The van der Waals surface area contributed by atoms with E-state index in [0.29, 0.717) is 25.8 Å². The number of rotatable bonds is 8. The summed E-state index contributed by atoms with van der Waals surface area (Å²) >= 11 is 0. The first-order valence-corrected chi connectivity index (χ1v) is 11.2. The molecule has 1 fully saturated rings. The number of aromatic nitrogens is 2. The van der Waals surface area contributed by atoms with E-state index < -0.39 is 0 Å². The minimum absolute atomic E-state index is 0.0102. The van der Waals surface area contributed by atoms with Gasteiger partial charge in [0.2, 0.25) is 5.91 Å². The number of hydrogen-bond acceptors (Lipinski definition) is 5. The number of nitrogens with one attached hydrogen (secondary N) is 1. The smallest absolute Gasteiger partial charge is 0.224 e. The van der Waals surface area contributed by atoms with Crippen LogP contribution in [-0.4, -0.2) is 53.3 Å². The van der Waals surface area contributed by atoms with Gasteiger partial charge in [-0.15, -0.1) is 0 Å². The molecule has 7 nitrogen and oxygen atoms in total. The molecule has 0 atom stereocenters. The molecule has 0 aliphatic carbocycles. The first kappa shape index (κ1) is 22.8. The van der Waals surface area contributed by atoms with Crippen molar-refractivity contribution in [1.29, 1.82) is 5.26 Å². The lowest BCUT2D eigenvalue weighted by Crippen LogP contribution is -2.46. The van der Waals surface area contributed by atoms with E-state index in [1.54, 1.807) is 0 Å². The molecule has 7 heteroatoms. The summed E-state index contributed by atoms with van der Waals surface area (Å²) in [6, 6.07) is 8.45. The molecule has 1 N–H and O–H groups in total. The number of anilines is 2. The highest BCUT2D eigenvalue weighted by atomic mass is 16.1. The fraction of sp³-hybridized carbons (Fsp3) is 0.542. The van der Waals surface area contributed by atoms with Gasteiger partial charge in [-0.25, -0.2) is 0 Å². The molecular weight excluding hydrogens is 388 g/mol. The minimum atomic E-state index is 0.0102. The third-order valence-electron chi connectivity index (χ3n) is 6.24. The largest absolute Gasteiger partial charge is 0.369 e. The van der Waals surface area contributed by atoms with Gasteiger partial charge in [0.05, 0.1) is 24.7 Å². The average Bonchev–Trinajstić information content (AvgIpc) is 3.04. The van der Waals surface area contributed by atoms with Gasteiger partial charge in [0.15, 0.2) is 0 Å². The van der Waals surface area contributed by atoms with Crippen molar-refractivity contribution < 1.29 is 4.79 Å². The molecule has 1 aliphatic heterocycles. The maximum atomic E-state index is 12.6. The van der Waals surface area contributed by atoms with Crippen molar-refractivity contribution in [2.75, 3.05) is 42.9 Å². The number of aryl methyl sites for hydroxylation is 3. The van der Waals surface area contributed by atoms with E-state index in [4.69, 9.17) is 5.26 Å². The minimum Gasteiger partial charge on any atom is -0.369 e. The number of piperazine rings is 1. The van der Waals surface area contributed by atoms with Crippen LogP contribution in [0.5, 0.6) is 0 Å². The number of carbonyl (C=O) groups is 1. The zero-order valence-electron chi connectivity index (χ0n) is 19.2. The first-order chi connectivity index (χ1) is 14.9. The summed E-state index contributed by atoms with van der Waals surface area (Å²) in [5, 5.41) is 16.4. The number of hydrogen-bond donors (Lipinski definition) is 1. The van der Waals surface area contributed by atoms with Crippen LogP contribution < -0.4 is 10.2 Å². The van der Waals surface area contributed by atoms with Crippen LogP contribution in [0.1, 0.15) is 42.3 Å². The summed E-state index contributed by atoms with van der Waals surface area (Å²) in [6.45, 7) is 14.2. The quantitative estimate of drug-likeness (QED) is 0.705. The SMILES string of the molecule is CCN1CCN(c2ccc(NC(=O)CCc3c(C)nn(CCC#N)c3C)c(C)c2)CC1. The molecule has 2 aromatic rings. The fourth-order valence-electron chi connectivity index (χ4n) is 4.23. The van der Waals surface area contributed by atoms with E-state index in [1.165, 1.54) is 5.69 Å². The Balaban J connectivity index is 1.56. The van der Waals surface area contributed by atoms with E-state index in [9.17, 15) is 4.79 Å². The van der Waals surface area contributed by atoms with Crippen LogP contribution >= 0.6 is 0 Å². The maximum absolute atomic E-state index is 12.6. The molecule has 1 aromatic carbocycles. The molecule has 0 saturated carbocycles. The molecule has 3 rings (SSSR count). The van der Waals surface area contributed by atoms with E-state index in [1.807, 2.05) is 24.6 Å². The zero-order valence-corrected chi connectivity index (χ0v) is 19.2. The number of amides is 1. The normalized spacial score (nSPS) is 14.5. The lowest BCUT2D eigenvalue weighted by Gasteiger charge is -2.35. The lowest BCUT2D eigenvalue weighted by atomic mass is 10.1. The first-order valence-electron chi connectivity index (χ1n) is 11.2. The van der Waals surface area contributed by atoms with Gasteiger partial charge in [-0.05, 0) is 63.1 Å². The Morgan fingerprint density at radius 1 is 1.19 bits per heavy atom. The second-order valence-electron chi connectivity index (χ2n) is 8.25. The molecule has 2 heterocycles. The van der Waals surface area contributed by atoms with E-state index in [-0.39, 0.29) is 5.91 Å². The Labute approximate surface area is 185 Å². The number of nitriles is 1. The third kappa shape index (κ3) is 5.65. The molecule has 0 bridgehead atoms. The fourth-order valence-corrected chi connectivity index (χ4v) is 4.23. The summed E-state index contributed by atoms with van der Waals surface area (Å²) in [5.74, 6) is 0.0102. The molecule has 0 radical (unpaired) electrons. The monoisotopic (exact) mass is 422 g/mol.